The average Bonchev–Trinajstić information content (AvgIpc) is 2.81. The van der Waals surface area contributed by atoms with Crippen LogP contribution in [0.3, 0.4) is 0 Å². The number of imidazole rings is 1. The fourth-order valence-electron chi connectivity index (χ4n) is 2.35. The molecule has 3 N–H and O–H groups in total. The van der Waals surface area contributed by atoms with Crippen molar-refractivity contribution >= 4 is 18.9 Å². The van der Waals surface area contributed by atoms with E-state index in [0.29, 0.717) is 23.1 Å². The first-order valence-electron chi connectivity index (χ1n) is 7.51. The van der Waals surface area contributed by atoms with Crippen molar-refractivity contribution in [1.82, 2.24) is 9.55 Å². The first-order chi connectivity index (χ1) is 11.0. The van der Waals surface area contributed by atoms with Crippen molar-refractivity contribution in [2.75, 3.05) is 0 Å². The van der Waals surface area contributed by atoms with Gasteiger partial charge in [-0.05, 0) is 24.1 Å². The molecular formula is C15H20BClN2O4. The summed E-state index contributed by atoms with van der Waals surface area (Å²) in [7, 11) is -1.84. The lowest BCUT2D eigenvalue weighted by molar-refractivity contribution is 0.271. The predicted octanol–water partition coefficient (Wildman–Crippen LogP) is 1.77. The molecule has 0 saturated carbocycles. The molecular weight excluding hydrogens is 318 g/mol. The number of aliphatic hydroxyl groups excluding tert-OH is 1. The molecule has 0 spiro atoms. The summed E-state index contributed by atoms with van der Waals surface area (Å²) in [6, 6.07) is 6.93. The quantitative estimate of drug-likeness (QED) is 0.639. The molecule has 2 aromatic rings. The third-order valence-corrected chi connectivity index (χ3v) is 3.81. The van der Waals surface area contributed by atoms with Crippen molar-refractivity contribution in [3.05, 3.63) is 46.5 Å². The number of rotatable bonds is 8. The highest BCUT2D eigenvalue weighted by molar-refractivity contribution is 6.33. The molecule has 0 fully saturated rings. The number of nitrogens with zero attached hydrogens (tertiary/aromatic N) is 2. The van der Waals surface area contributed by atoms with E-state index in [9.17, 15) is 5.11 Å². The topological polar surface area (TPSA) is 87.7 Å². The molecule has 0 radical (unpaired) electrons. The number of benzene rings is 1. The van der Waals surface area contributed by atoms with E-state index in [1.165, 1.54) is 0 Å². The van der Waals surface area contributed by atoms with Crippen LogP contribution in [0.4, 0.5) is 0 Å². The number of aliphatic hydroxyl groups is 1. The van der Waals surface area contributed by atoms with Crippen LogP contribution in [-0.4, -0.2) is 32.0 Å². The van der Waals surface area contributed by atoms with Crippen LogP contribution in [-0.2, 0) is 19.6 Å². The first-order valence-corrected chi connectivity index (χ1v) is 7.89. The van der Waals surface area contributed by atoms with Crippen LogP contribution in [0.25, 0.3) is 0 Å². The van der Waals surface area contributed by atoms with Gasteiger partial charge in [-0.2, -0.15) is 0 Å². The normalized spacial score (nSPS) is 10.8. The molecule has 1 aromatic carbocycles. The standard InChI is InChI=1S/C15H20BClN2O4/c1-2-3-4-14-18-15(17)13(10-20)19(14)9-11-5-7-12(8-6-11)23-16(21)22/h5-8,20-22H,2-4,9-10H2,1H3. The molecule has 0 aliphatic rings. The molecule has 1 heterocycles. The summed E-state index contributed by atoms with van der Waals surface area (Å²) in [4.78, 5) is 4.35. The van der Waals surface area contributed by atoms with E-state index in [1.807, 2.05) is 16.7 Å². The molecule has 0 amide bonds. The van der Waals surface area contributed by atoms with Crippen molar-refractivity contribution in [2.24, 2.45) is 0 Å². The molecule has 2 rings (SSSR count). The number of hydrogen-bond donors (Lipinski definition) is 3. The third-order valence-electron chi connectivity index (χ3n) is 3.51. The largest absolute Gasteiger partial charge is 0.707 e. The Labute approximate surface area is 140 Å². The lowest BCUT2D eigenvalue weighted by Crippen LogP contribution is -2.20. The van der Waals surface area contributed by atoms with Crippen LogP contribution in [0.2, 0.25) is 5.15 Å². The Morgan fingerprint density at radius 3 is 2.52 bits per heavy atom. The Hall–Kier alpha value is -1.54. The lowest BCUT2D eigenvalue weighted by Gasteiger charge is -2.12. The number of hydrogen-bond acceptors (Lipinski definition) is 5. The molecule has 6 nitrogen and oxygen atoms in total. The van der Waals surface area contributed by atoms with Crippen molar-refractivity contribution in [3.8, 4) is 5.75 Å². The Bertz CT molecular complexity index is 631. The molecule has 8 heteroatoms. The maximum absolute atomic E-state index is 9.54. The smallest absolute Gasteiger partial charge is 0.512 e. The van der Waals surface area contributed by atoms with E-state index in [-0.39, 0.29) is 6.61 Å². The van der Waals surface area contributed by atoms with Crippen LogP contribution in [0, 0.1) is 0 Å². The maximum Gasteiger partial charge on any atom is 0.707 e. The van der Waals surface area contributed by atoms with E-state index in [2.05, 4.69) is 11.9 Å². The Balaban J connectivity index is 2.20. The summed E-state index contributed by atoms with van der Waals surface area (Å²) in [5.41, 5.74) is 1.56. The van der Waals surface area contributed by atoms with Crippen molar-refractivity contribution in [1.29, 1.82) is 0 Å². The lowest BCUT2D eigenvalue weighted by atomic mass is 10.2. The monoisotopic (exact) mass is 338 g/mol. The van der Waals surface area contributed by atoms with Crippen LogP contribution in [0.15, 0.2) is 24.3 Å². The molecule has 1 aromatic heterocycles. The fourth-order valence-corrected chi connectivity index (χ4v) is 2.61. The van der Waals surface area contributed by atoms with E-state index in [4.69, 9.17) is 26.3 Å². The fraction of sp³-hybridized carbons (Fsp3) is 0.400. The highest BCUT2D eigenvalue weighted by Gasteiger charge is 2.15. The van der Waals surface area contributed by atoms with Gasteiger partial charge < -0.3 is 24.4 Å². The number of unbranched alkanes of at least 4 members (excludes halogenated alkanes) is 1. The van der Waals surface area contributed by atoms with E-state index in [0.717, 1.165) is 30.7 Å². The van der Waals surface area contributed by atoms with Gasteiger partial charge in [0.25, 0.3) is 0 Å². The SMILES string of the molecule is CCCCc1nc(Cl)c(CO)n1Cc1ccc(OB(O)O)cc1. The molecule has 0 aliphatic heterocycles. The van der Waals surface area contributed by atoms with Crippen LogP contribution >= 0.6 is 11.6 Å². The molecule has 0 aliphatic carbocycles. The predicted molar refractivity (Wildman–Crippen MR) is 88.1 cm³/mol. The van der Waals surface area contributed by atoms with E-state index < -0.39 is 7.32 Å². The van der Waals surface area contributed by atoms with Gasteiger partial charge in [-0.3, -0.25) is 0 Å². The molecule has 23 heavy (non-hydrogen) atoms. The molecule has 0 atom stereocenters. The van der Waals surface area contributed by atoms with E-state index >= 15 is 0 Å². The minimum atomic E-state index is -1.84. The van der Waals surface area contributed by atoms with Crippen LogP contribution in [0.5, 0.6) is 5.75 Å². The second kappa shape index (κ2) is 8.35. The minimum absolute atomic E-state index is 0.171. The number of aryl methyl sites for hydroxylation is 1. The van der Waals surface area contributed by atoms with Gasteiger partial charge in [0.1, 0.15) is 11.6 Å². The zero-order chi connectivity index (χ0) is 16.8. The average molecular weight is 339 g/mol. The number of aromatic nitrogens is 2. The van der Waals surface area contributed by atoms with Gasteiger partial charge in [-0.25, -0.2) is 4.98 Å². The molecule has 0 bridgehead atoms. The zero-order valence-electron chi connectivity index (χ0n) is 12.9. The molecule has 124 valence electrons. The summed E-state index contributed by atoms with van der Waals surface area (Å²) in [6.07, 6.45) is 2.85. The van der Waals surface area contributed by atoms with Crippen LogP contribution in [0.1, 0.15) is 36.8 Å². The highest BCUT2D eigenvalue weighted by Crippen LogP contribution is 2.21. The van der Waals surface area contributed by atoms with Gasteiger partial charge in [-0.1, -0.05) is 37.1 Å². The number of halogens is 1. The summed E-state index contributed by atoms with van der Waals surface area (Å²) in [5.74, 6) is 1.22. The Morgan fingerprint density at radius 2 is 1.96 bits per heavy atom. The van der Waals surface area contributed by atoms with Crippen molar-refractivity contribution in [2.45, 2.75) is 39.3 Å². The summed E-state index contributed by atoms with van der Waals surface area (Å²) >= 11 is 6.11. The Kier molecular flexibility index (Phi) is 6.47. The summed E-state index contributed by atoms with van der Waals surface area (Å²) < 4.78 is 6.70. The Morgan fingerprint density at radius 1 is 1.26 bits per heavy atom. The minimum Gasteiger partial charge on any atom is -0.512 e. The second-order valence-electron chi connectivity index (χ2n) is 5.20. The molecule has 0 saturated heterocycles. The van der Waals surface area contributed by atoms with Gasteiger partial charge >= 0.3 is 7.32 Å². The van der Waals surface area contributed by atoms with Crippen LogP contribution < -0.4 is 4.65 Å². The second-order valence-corrected chi connectivity index (χ2v) is 5.56. The highest BCUT2D eigenvalue weighted by atomic mass is 35.5. The van der Waals surface area contributed by atoms with Gasteiger partial charge in [0.15, 0.2) is 5.15 Å². The van der Waals surface area contributed by atoms with E-state index in [1.54, 1.807) is 12.1 Å². The third kappa shape index (κ3) is 4.72. The maximum atomic E-state index is 9.54. The van der Waals surface area contributed by atoms with Gasteiger partial charge in [0.05, 0.1) is 12.3 Å². The van der Waals surface area contributed by atoms with Gasteiger partial charge in [-0.15, -0.1) is 0 Å². The van der Waals surface area contributed by atoms with Crippen molar-refractivity contribution in [3.63, 3.8) is 0 Å². The van der Waals surface area contributed by atoms with Crippen molar-refractivity contribution < 1.29 is 19.8 Å². The van der Waals surface area contributed by atoms with Gasteiger partial charge in [0, 0.05) is 13.0 Å². The summed E-state index contributed by atoms with van der Waals surface area (Å²) in [6.45, 7) is 2.46. The summed E-state index contributed by atoms with van der Waals surface area (Å²) in [5, 5.41) is 27.4. The van der Waals surface area contributed by atoms with Gasteiger partial charge in [0.2, 0.25) is 0 Å². The zero-order valence-corrected chi connectivity index (χ0v) is 13.7. The first kappa shape index (κ1) is 17.8. The molecule has 0 unspecified atom stereocenters.